The van der Waals surface area contributed by atoms with Gasteiger partial charge in [-0.05, 0) is 82.6 Å². The third kappa shape index (κ3) is 8.58. The molecular formula is C31H37ClF3N7O7S. The van der Waals surface area contributed by atoms with Crippen LogP contribution >= 0.6 is 11.6 Å². The minimum absolute atomic E-state index is 0.000830. The van der Waals surface area contributed by atoms with Crippen molar-refractivity contribution in [3.63, 3.8) is 0 Å². The minimum atomic E-state index is -4.42. The summed E-state index contributed by atoms with van der Waals surface area (Å²) in [5, 5.41) is 25.9. The summed E-state index contributed by atoms with van der Waals surface area (Å²) in [7, 11) is -4.42. The molecule has 3 aromatic rings. The molecule has 3 aromatic heterocycles. The quantitative estimate of drug-likeness (QED) is 0.130. The van der Waals surface area contributed by atoms with Gasteiger partial charge < -0.3 is 25.2 Å². The van der Waals surface area contributed by atoms with Crippen molar-refractivity contribution in [3.05, 3.63) is 53.3 Å². The van der Waals surface area contributed by atoms with Crippen LogP contribution in [-0.2, 0) is 10.0 Å². The van der Waals surface area contributed by atoms with Crippen molar-refractivity contribution in [2.24, 2.45) is 11.3 Å². The number of carboxylic acid groups (broad SMARTS) is 1. The number of sulfonamides is 1. The van der Waals surface area contributed by atoms with Gasteiger partial charge in [-0.15, -0.1) is 5.10 Å². The van der Waals surface area contributed by atoms with Gasteiger partial charge in [-0.2, -0.15) is 21.6 Å². The third-order valence-electron chi connectivity index (χ3n) is 8.89. The first-order valence-corrected chi connectivity index (χ1v) is 17.6. The number of ether oxygens (including phenoxy) is 1. The molecule has 1 saturated carbocycles. The summed E-state index contributed by atoms with van der Waals surface area (Å²) in [6.45, 7) is 4.32. The van der Waals surface area contributed by atoms with E-state index in [1.807, 2.05) is 18.6 Å². The van der Waals surface area contributed by atoms with Crippen molar-refractivity contribution in [1.82, 2.24) is 29.4 Å². The molecule has 272 valence electrons. The summed E-state index contributed by atoms with van der Waals surface area (Å²) >= 11 is 6.22. The highest BCUT2D eigenvalue weighted by molar-refractivity contribution is 7.90. The molecule has 0 aromatic carbocycles. The topological polar surface area (TPSA) is 189 Å². The van der Waals surface area contributed by atoms with Crippen molar-refractivity contribution in [1.29, 1.82) is 0 Å². The molecule has 1 aliphatic carbocycles. The van der Waals surface area contributed by atoms with E-state index in [4.69, 9.17) is 16.3 Å². The third-order valence-corrected chi connectivity index (χ3v) is 10.4. The SMILES string of the molecule is CC1(C)C[C@H](CCCNc2cccc(S(=O)(=O)NC(=O)c3ccc(-n4ccc(OCC(O)CC5(C(F)(F)F)CC5)n4)nc3Cl)n2)CN1C(=O)O. The maximum atomic E-state index is 13.2. The molecule has 4 N–H and O–H groups in total. The highest BCUT2D eigenvalue weighted by Crippen LogP contribution is 2.60. The fraction of sp³-hybridized carbons (Fsp3) is 0.516. The van der Waals surface area contributed by atoms with E-state index in [1.165, 1.54) is 46.1 Å². The molecule has 50 heavy (non-hydrogen) atoms. The Morgan fingerprint density at radius 1 is 1.16 bits per heavy atom. The number of nitrogens with one attached hydrogen (secondary N) is 2. The molecule has 0 bridgehead atoms. The summed E-state index contributed by atoms with van der Waals surface area (Å²) in [5.74, 6) is -0.458. The summed E-state index contributed by atoms with van der Waals surface area (Å²) in [5.41, 5.74) is -2.55. The number of nitrogens with zero attached hydrogens (tertiary/aromatic N) is 5. The number of hydrogen-bond acceptors (Lipinski definition) is 10. The molecule has 2 atom stereocenters. The summed E-state index contributed by atoms with van der Waals surface area (Å²) < 4.78 is 74.0. The second-order valence-corrected chi connectivity index (χ2v) is 15.2. The maximum absolute atomic E-state index is 13.2. The van der Waals surface area contributed by atoms with Gasteiger partial charge in [0.2, 0.25) is 5.88 Å². The predicted octanol–water partition coefficient (Wildman–Crippen LogP) is 4.88. The van der Waals surface area contributed by atoms with Crippen LogP contribution in [0.5, 0.6) is 5.88 Å². The van der Waals surface area contributed by atoms with Crippen LogP contribution < -0.4 is 14.8 Å². The van der Waals surface area contributed by atoms with E-state index in [1.54, 1.807) is 6.07 Å². The highest BCUT2D eigenvalue weighted by Gasteiger charge is 2.63. The monoisotopic (exact) mass is 743 g/mol. The number of carbonyl (C=O) groups is 2. The van der Waals surface area contributed by atoms with Crippen molar-refractivity contribution in [3.8, 4) is 11.7 Å². The van der Waals surface area contributed by atoms with Crippen LogP contribution in [0.3, 0.4) is 0 Å². The first-order chi connectivity index (χ1) is 23.4. The van der Waals surface area contributed by atoms with Crippen LogP contribution in [0.2, 0.25) is 5.15 Å². The van der Waals surface area contributed by atoms with Gasteiger partial charge in [-0.1, -0.05) is 17.7 Å². The summed E-state index contributed by atoms with van der Waals surface area (Å²) in [6.07, 6.45) is -3.58. The Labute approximate surface area is 291 Å². The van der Waals surface area contributed by atoms with Gasteiger partial charge >= 0.3 is 12.3 Å². The maximum Gasteiger partial charge on any atom is 0.407 e. The van der Waals surface area contributed by atoms with Crippen molar-refractivity contribution < 1.29 is 46.1 Å². The van der Waals surface area contributed by atoms with Gasteiger partial charge in [-0.25, -0.2) is 24.2 Å². The van der Waals surface area contributed by atoms with E-state index >= 15 is 0 Å². The number of anilines is 1. The zero-order chi connectivity index (χ0) is 36.5. The van der Waals surface area contributed by atoms with Gasteiger partial charge in [-0.3, -0.25) is 4.79 Å². The summed E-state index contributed by atoms with van der Waals surface area (Å²) in [4.78, 5) is 34.1. The van der Waals surface area contributed by atoms with E-state index in [2.05, 4.69) is 20.4 Å². The number of rotatable bonds is 14. The van der Waals surface area contributed by atoms with Crippen LogP contribution in [0.1, 0.15) is 62.7 Å². The van der Waals surface area contributed by atoms with Gasteiger partial charge in [0.25, 0.3) is 15.9 Å². The Hall–Kier alpha value is -4.16. The number of hydrogen-bond donors (Lipinski definition) is 4. The number of aliphatic hydroxyl groups excluding tert-OH is 1. The second kappa shape index (κ2) is 14.2. The molecule has 19 heteroatoms. The van der Waals surface area contributed by atoms with Gasteiger partial charge in [0.05, 0.1) is 17.1 Å². The fourth-order valence-electron chi connectivity index (χ4n) is 6.10. The molecule has 0 radical (unpaired) electrons. The zero-order valence-electron chi connectivity index (χ0n) is 27.2. The standard InChI is InChI=1S/C31H37ClF3N7O7S/c1-29(2)15-19(17-41(29)28(45)46)5-4-13-36-22-6-3-7-25(37-22)50(47,48)40-27(44)21-8-9-23(38-26(21)32)42-14-10-24(39-42)49-18-20(43)16-30(11-12-30)31(33,34)35/h3,6-10,14,19-20,43H,4-5,11-13,15-18H2,1-2H3,(H,36,37)(H,40,44)(H,45,46)/t19-,20?/m0/s1. The van der Waals surface area contributed by atoms with Crippen LogP contribution in [0.25, 0.3) is 5.82 Å². The smallest absolute Gasteiger partial charge is 0.407 e. The van der Waals surface area contributed by atoms with Gasteiger partial charge in [0.15, 0.2) is 10.8 Å². The molecule has 1 aliphatic heterocycles. The van der Waals surface area contributed by atoms with E-state index in [9.17, 15) is 41.4 Å². The van der Waals surface area contributed by atoms with E-state index < -0.39 is 63.3 Å². The van der Waals surface area contributed by atoms with Crippen LogP contribution in [-0.4, -0.2) is 92.8 Å². The lowest BCUT2D eigenvalue weighted by atomic mass is 9.93. The second-order valence-electron chi connectivity index (χ2n) is 13.2. The number of amides is 2. The lowest BCUT2D eigenvalue weighted by Crippen LogP contribution is -2.41. The molecule has 1 unspecified atom stereocenters. The number of carbonyl (C=O) groups excluding carboxylic acids is 1. The molecule has 2 fully saturated rings. The highest BCUT2D eigenvalue weighted by atomic mass is 35.5. The Morgan fingerprint density at radius 2 is 1.90 bits per heavy atom. The van der Waals surface area contributed by atoms with E-state index in [-0.39, 0.29) is 47.0 Å². The molecule has 5 rings (SSSR count). The van der Waals surface area contributed by atoms with Crippen LogP contribution in [0, 0.1) is 11.3 Å². The first-order valence-electron chi connectivity index (χ1n) is 15.8. The number of likely N-dealkylation sites (tertiary alicyclic amines) is 1. The van der Waals surface area contributed by atoms with Crippen molar-refractivity contribution in [2.45, 2.75) is 75.2 Å². The van der Waals surface area contributed by atoms with Gasteiger partial charge in [0.1, 0.15) is 17.6 Å². The number of alkyl halides is 3. The fourth-order valence-corrected chi connectivity index (χ4v) is 7.27. The molecule has 4 heterocycles. The molecule has 2 aliphatic rings. The van der Waals surface area contributed by atoms with Crippen LogP contribution in [0.15, 0.2) is 47.6 Å². The lowest BCUT2D eigenvalue weighted by Gasteiger charge is -2.28. The Balaban J connectivity index is 1.12. The number of aromatic nitrogens is 4. The molecule has 14 nitrogen and oxygen atoms in total. The van der Waals surface area contributed by atoms with Crippen molar-refractivity contribution in [2.75, 3.05) is 25.0 Å². The average Bonchev–Trinajstić information content (AvgIpc) is 3.54. The molecule has 1 saturated heterocycles. The van der Waals surface area contributed by atoms with Gasteiger partial charge in [0, 0.05) is 30.9 Å². The minimum Gasteiger partial charge on any atom is -0.474 e. The van der Waals surface area contributed by atoms with Crippen molar-refractivity contribution >= 4 is 39.4 Å². The van der Waals surface area contributed by atoms with E-state index in [0.29, 0.717) is 19.5 Å². The largest absolute Gasteiger partial charge is 0.474 e. The van der Waals surface area contributed by atoms with Crippen LogP contribution in [0.4, 0.5) is 23.8 Å². The normalized spacial score (nSPS) is 18.8. The predicted molar refractivity (Wildman–Crippen MR) is 174 cm³/mol. The first kappa shape index (κ1) is 37.1. The van der Waals surface area contributed by atoms with E-state index in [0.717, 1.165) is 12.8 Å². The number of pyridine rings is 2. The zero-order valence-corrected chi connectivity index (χ0v) is 28.7. The average molecular weight is 744 g/mol. The Kier molecular flexibility index (Phi) is 10.6. The number of aliphatic hydroxyl groups is 1. The lowest BCUT2D eigenvalue weighted by molar-refractivity contribution is -0.195. The Bertz CT molecular complexity index is 1840. The molecule has 0 spiro atoms. The Morgan fingerprint density at radius 3 is 2.54 bits per heavy atom. The number of halogens is 4. The molecular weight excluding hydrogens is 707 g/mol. The summed E-state index contributed by atoms with van der Waals surface area (Å²) in [6, 6.07) is 8.25. The molecule has 2 amide bonds.